The van der Waals surface area contributed by atoms with Crippen LogP contribution >= 0.6 is 22.9 Å². The van der Waals surface area contributed by atoms with Crippen LogP contribution < -0.4 is 5.32 Å². The Labute approximate surface area is 245 Å². The minimum atomic E-state index is -3.01. The van der Waals surface area contributed by atoms with Crippen LogP contribution in [0.5, 0.6) is 0 Å². The lowest BCUT2D eigenvalue weighted by atomic mass is 9.91. The highest BCUT2D eigenvalue weighted by molar-refractivity contribution is 7.11. The maximum absolute atomic E-state index is 15.2. The number of amidine groups is 1. The third-order valence-electron chi connectivity index (χ3n) is 6.64. The number of aromatic nitrogens is 1. The first-order valence-corrected chi connectivity index (χ1v) is 14.2. The minimum Gasteiger partial charge on any atom is -0.463 e. The van der Waals surface area contributed by atoms with E-state index in [0.717, 1.165) is 13.2 Å². The van der Waals surface area contributed by atoms with Crippen molar-refractivity contribution in [2.75, 3.05) is 53.5 Å². The van der Waals surface area contributed by atoms with Crippen LogP contribution in [0, 0.1) is 11.7 Å². The van der Waals surface area contributed by atoms with Crippen molar-refractivity contribution in [3.63, 3.8) is 0 Å². The summed E-state index contributed by atoms with van der Waals surface area (Å²) in [4.78, 5) is 36.2. The van der Waals surface area contributed by atoms with Crippen molar-refractivity contribution >= 4 is 41.0 Å². The number of aliphatic hydroxyl groups is 1. The molecule has 0 amide bonds. The molecule has 0 bridgehead atoms. The lowest BCUT2D eigenvalue weighted by Crippen LogP contribution is -2.53. The van der Waals surface area contributed by atoms with Gasteiger partial charge in [-0.1, -0.05) is 17.7 Å². The number of carbonyl (C=O) groups excluding carboxylic acids is 2. The van der Waals surface area contributed by atoms with E-state index < -0.39 is 36.2 Å². The number of nitrogens with one attached hydrogen (secondary N) is 1. The number of likely N-dealkylation sites (N-methyl/N-ethyl adjacent to an activating group) is 1. The molecule has 0 radical (unpaired) electrons. The SMILES string of the molecule is CCOC(=O)C1=C(CN2CCC(CN(C)CC=O)C(F)(F)C2)NC(c2nccs2)=N[C@H]1c1ccc(F)cc1Cl.CO. The fourth-order valence-electron chi connectivity index (χ4n) is 4.78. The zero-order valence-electron chi connectivity index (χ0n) is 22.9. The van der Waals surface area contributed by atoms with Gasteiger partial charge in [-0.15, -0.1) is 11.3 Å². The van der Waals surface area contributed by atoms with Gasteiger partial charge in [0.1, 0.15) is 18.1 Å². The molecule has 14 heteroatoms. The van der Waals surface area contributed by atoms with E-state index in [2.05, 4.69) is 10.3 Å². The van der Waals surface area contributed by atoms with Gasteiger partial charge in [-0.2, -0.15) is 0 Å². The summed E-state index contributed by atoms with van der Waals surface area (Å²) in [6, 6.07) is 2.83. The number of hydrogen-bond acceptors (Lipinski definition) is 10. The number of thiazole rings is 1. The Kier molecular flexibility index (Phi) is 11.9. The van der Waals surface area contributed by atoms with E-state index in [1.807, 2.05) is 0 Å². The number of alkyl halides is 2. The van der Waals surface area contributed by atoms with Crippen LogP contribution in [-0.4, -0.2) is 97.4 Å². The van der Waals surface area contributed by atoms with Gasteiger partial charge in [-0.25, -0.2) is 22.9 Å². The fourth-order valence-corrected chi connectivity index (χ4v) is 5.64. The highest BCUT2D eigenvalue weighted by Gasteiger charge is 2.45. The number of aldehydes is 1. The molecule has 224 valence electrons. The molecule has 9 nitrogen and oxygen atoms in total. The van der Waals surface area contributed by atoms with Crippen molar-refractivity contribution in [3.8, 4) is 0 Å². The van der Waals surface area contributed by atoms with E-state index in [-0.39, 0.29) is 43.3 Å². The molecule has 0 aliphatic carbocycles. The highest BCUT2D eigenvalue weighted by Crippen LogP contribution is 2.38. The number of ether oxygens (including phenoxy) is 1. The Balaban J connectivity index is 0.00000226. The quantitative estimate of drug-likeness (QED) is 0.309. The number of halogens is 4. The third-order valence-corrected chi connectivity index (χ3v) is 7.75. The summed E-state index contributed by atoms with van der Waals surface area (Å²) in [6.45, 7) is 1.73. The average Bonchev–Trinajstić information content (AvgIpc) is 3.46. The van der Waals surface area contributed by atoms with Crippen LogP contribution in [-0.2, 0) is 14.3 Å². The number of rotatable bonds is 10. The maximum Gasteiger partial charge on any atom is 0.338 e. The Bertz CT molecular complexity index is 1260. The van der Waals surface area contributed by atoms with E-state index >= 15 is 8.78 Å². The maximum atomic E-state index is 15.2. The molecule has 1 aromatic heterocycles. The predicted octanol–water partition coefficient (Wildman–Crippen LogP) is 3.54. The zero-order chi connectivity index (χ0) is 30.2. The van der Waals surface area contributed by atoms with E-state index in [9.17, 15) is 14.0 Å². The summed E-state index contributed by atoms with van der Waals surface area (Å²) in [5, 5.41) is 12.5. The van der Waals surface area contributed by atoms with Gasteiger partial charge in [0.15, 0.2) is 10.8 Å². The summed E-state index contributed by atoms with van der Waals surface area (Å²) in [7, 11) is 2.64. The molecule has 2 N–H and O–H groups in total. The fraction of sp³-hybridized carbons (Fsp3) is 0.481. The van der Waals surface area contributed by atoms with Crippen molar-refractivity contribution in [2.45, 2.75) is 25.3 Å². The molecule has 2 aromatic rings. The summed E-state index contributed by atoms with van der Waals surface area (Å²) in [5.41, 5.74) is 0.824. The van der Waals surface area contributed by atoms with Gasteiger partial charge >= 0.3 is 5.97 Å². The van der Waals surface area contributed by atoms with Gasteiger partial charge in [0.05, 0.1) is 25.3 Å². The molecular weight excluding hydrogens is 583 g/mol. The number of hydrogen-bond donors (Lipinski definition) is 2. The summed E-state index contributed by atoms with van der Waals surface area (Å²) in [6.07, 6.45) is 2.50. The molecule has 2 aliphatic rings. The number of esters is 1. The van der Waals surface area contributed by atoms with Crippen molar-refractivity contribution in [1.29, 1.82) is 0 Å². The van der Waals surface area contributed by atoms with Crippen LogP contribution in [0.25, 0.3) is 0 Å². The number of aliphatic imine (C=N–C) groups is 1. The molecule has 3 heterocycles. The van der Waals surface area contributed by atoms with Gasteiger partial charge < -0.3 is 20.0 Å². The van der Waals surface area contributed by atoms with Crippen molar-refractivity contribution in [1.82, 2.24) is 20.1 Å². The van der Waals surface area contributed by atoms with Gasteiger partial charge in [0.2, 0.25) is 0 Å². The molecule has 41 heavy (non-hydrogen) atoms. The second kappa shape index (κ2) is 14.9. The lowest BCUT2D eigenvalue weighted by molar-refractivity contribution is -0.139. The first-order chi connectivity index (χ1) is 19.6. The number of aliphatic hydroxyl groups excluding tert-OH is 1. The van der Waals surface area contributed by atoms with E-state index in [1.165, 1.54) is 23.5 Å². The standard InChI is InChI=1S/C26H29ClF3N5O3S.CH4O/c1-3-38-25(37)21-20(14-35-8-6-16(26(29,30)15-35)13-34(2)9-10-36)32-23(24-31-7-11-39-24)33-22(21)18-5-4-17(28)12-19(18)27;1-2/h4-5,7,10-12,16,22H,3,6,8-9,13-15H2,1-2H3,(H,32,33);2H,1H3/t16?,22-;/m0./s1. The monoisotopic (exact) mass is 615 g/mol. The van der Waals surface area contributed by atoms with Crippen LogP contribution in [0.4, 0.5) is 13.2 Å². The first-order valence-electron chi connectivity index (χ1n) is 12.9. The average molecular weight is 616 g/mol. The largest absolute Gasteiger partial charge is 0.463 e. The summed E-state index contributed by atoms with van der Waals surface area (Å²) in [5.74, 6) is -4.80. The van der Waals surface area contributed by atoms with Crippen molar-refractivity contribution in [3.05, 3.63) is 62.5 Å². The smallest absolute Gasteiger partial charge is 0.338 e. The highest BCUT2D eigenvalue weighted by atomic mass is 35.5. The molecule has 1 unspecified atom stereocenters. The molecular formula is C27H33ClF3N5O4S. The van der Waals surface area contributed by atoms with Gasteiger partial charge in [-0.3, -0.25) is 14.8 Å². The Morgan fingerprint density at radius 1 is 1.39 bits per heavy atom. The molecule has 1 saturated heterocycles. The number of benzene rings is 1. The van der Waals surface area contributed by atoms with Gasteiger partial charge in [-0.05, 0) is 39.1 Å². The summed E-state index contributed by atoms with van der Waals surface area (Å²) >= 11 is 7.70. The normalized spacial score (nSPS) is 20.6. The third kappa shape index (κ3) is 8.13. The molecule has 0 saturated carbocycles. The Morgan fingerprint density at radius 3 is 2.76 bits per heavy atom. The second-order valence-corrected chi connectivity index (χ2v) is 10.8. The number of piperidine rings is 1. The number of nitrogens with zero attached hydrogens (tertiary/aromatic N) is 4. The number of likely N-dealkylation sites (tertiary alicyclic amines) is 1. The molecule has 4 rings (SSSR count). The van der Waals surface area contributed by atoms with Gasteiger partial charge in [0, 0.05) is 54.0 Å². The summed E-state index contributed by atoms with van der Waals surface area (Å²) < 4.78 is 49.6. The molecule has 1 fully saturated rings. The van der Waals surface area contributed by atoms with Crippen LogP contribution in [0.15, 0.2) is 46.0 Å². The van der Waals surface area contributed by atoms with Crippen LogP contribution in [0.3, 0.4) is 0 Å². The van der Waals surface area contributed by atoms with Crippen molar-refractivity contribution < 1.29 is 32.6 Å². The Morgan fingerprint density at radius 2 is 2.15 bits per heavy atom. The van der Waals surface area contributed by atoms with E-state index in [4.69, 9.17) is 26.4 Å². The molecule has 2 aliphatic heterocycles. The molecule has 0 spiro atoms. The predicted molar refractivity (Wildman–Crippen MR) is 151 cm³/mol. The lowest BCUT2D eigenvalue weighted by Gasteiger charge is -2.40. The van der Waals surface area contributed by atoms with Crippen LogP contribution in [0.1, 0.15) is 30.0 Å². The van der Waals surface area contributed by atoms with Crippen LogP contribution in [0.2, 0.25) is 5.02 Å². The first kappa shape index (κ1) is 32.7. The minimum absolute atomic E-state index is 0.0135. The second-order valence-electron chi connectivity index (χ2n) is 9.47. The molecule has 2 atom stereocenters. The zero-order valence-corrected chi connectivity index (χ0v) is 24.5. The van der Waals surface area contributed by atoms with E-state index in [1.54, 1.807) is 35.3 Å². The van der Waals surface area contributed by atoms with E-state index in [0.29, 0.717) is 34.9 Å². The van der Waals surface area contributed by atoms with Crippen molar-refractivity contribution in [2.24, 2.45) is 10.9 Å². The topological polar surface area (TPSA) is 107 Å². The Hall–Kier alpha value is -2.84. The number of carbonyl (C=O) groups is 2. The van der Waals surface area contributed by atoms with Gasteiger partial charge in [0.25, 0.3) is 5.92 Å². The molecule has 1 aromatic carbocycles.